The first-order valence-corrected chi connectivity index (χ1v) is 9.73. The third kappa shape index (κ3) is 2.36. The molecule has 0 amide bonds. The third-order valence-corrected chi connectivity index (χ3v) is 6.58. The van der Waals surface area contributed by atoms with Gasteiger partial charge in [-0.2, -0.15) is 0 Å². The molecule has 1 aromatic carbocycles. The molecule has 2 aromatic heterocycles. The number of hydrogen-bond donors (Lipinski definition) is 1. The molecule has 26 heavy (non-hydrogen) atoms. The van der Waals surface area contributed by atoms with E-state index in [9.17, 15) is 0 Å². The number of hydrogen-bond acceptors (Lipinski definition) is 3. The summed E-state index contributed by atoms with van der Waals surface area (Å²) in [4.78, 5) is 10.4. The van der Waals surface area contributed by atoms with Gasteiger partial charge in [-0.25, -0.2) is 0 Å². The lowest BCUT2D eigenvalue weighted by atomic mass is 9.66. The maximum absolute atomic E-state index is 6.53. The minimum Gasteiger partial charge on any atom is -0.488 e. The normalized spacial score (nSPS) is 32.2. The zero-order valence-electron chi connectivity index (χ0n) is 14.8. The number of piperidine rings is 3. The Kier molecular flexibility index (Phi) is 3.18. The summed E-state index contributed by atoms with van der Waals surface area (Å²) in [5.74, 6) is 3.22. The minimum absolute atomic E-state index is 0.368. The summed E-state index contributed by atoms with van der Waals surface area (Å²) in [6.07, 6.45) is 8.85. The lowest BCUT2D eigenvalue weighted by Crippen LogP contribution is -2.61. The molecule has 4 bridgehead atoms. The SMILES string of the molecule is c1cc2cc(-c3cncc(OC4[C@H]5CC6C[C@H]4CN(C6)C5)c3)ccc2[nH]1. The monoisotopic (exact) mass is 345 g/mol. The molecule has 132 valence electrons. The third-order valence-electron chi connectivity index (χ3n) is 6.58. The van der Waals surface area contributed by atoms with E-state index in [0.717, 1.165) is 22.7 Å². The van der Waals surface area contributed by atoms with Crippen molar-refractivity contribution < 1.29 is 4.74 Å². The van der Waals surface area contributed by atoms with Crippen molar-refractivity contribution in [1.82, 2.24) is 14.9 Å². The number of aromatic nitrogens is 2. The molecule has 0 spiro atoms. The number of nitrogens with zero attached hydrogens (tertiary/aromatic N) is 2. The van der Waals surface area contributed by atoms with Crippen LogP contribution in [-0.2, 0) is 0 Å². The Hall–Kier alpha value is -2.33. The lowest BCUT2D eigenvalue weighted by Gasteiger charge is -2.55. The van der Waals surface area contributed by atoms with Crippen LogP contribution in [0.2, 0.25) is 0 Å². The van der Waals surface area contributed by atoms with Gasteiger partial charge in [0.15, 0.2) is 0 Å². The summed E-state index contributed by atoms with van der Waals surface area (Å²) >= 11 is 0. The van der Waals surface area contributed by atoms with E-state index >= 15 is 0 Å². The fraction of sp³-hybridized carbons (Fsp3) is 0.409. The van der Waals surface area contributed by atoms with Gasteiger partial charge in [0.2, 0.25) is 0 Å². The van der Waals surface area contributed by atoms with Gasteiger partial charge in [0.1, 0.15) is 11.9 Å². The van der Waals surface area contributed by atoms with Gasteiger partial charge in [-0.05, 0) is 54.0 Å². The summed E-state index contributed by atoms with van der Waals surface area (Å²) in [5.41, 5.74) is 3.47. The number of benzene rings is 1. The molecule has 5 heterocycles. The summed E-state index contributed by atoms with van der Waals surface area (Å²) < 4.78 is 6.53. The average Bonchev–Trinajstić information content (AvgIpc) is 3.12. The van der Waals surface area contributed by atoms with E-state index in [1.807, 2.05) is 18.6 Å². The predicted molar refractivity (Wildman–Crippen MR) is 102 cm³/mol. The van der Waals surface area contributed by atoms with Crippen molar-refractivity contribution in [1.29, 1.82) is 0 Å². The predicted octanol–water partition coefficient (Wildman–Crippen LogP) is 3.95. The summed E-state index contributed by atoms with van der Waals surface area (Å²) in [6, 6.07) is 10.8. The van der Waals surface area contributed by atoms with Gasteiger partial charge >= 0.3 is 0 Å². The molecule has 4 aliphatic rings. The van der Waals surface area contributed by atoms with Crippen LogP contribution in [0.3, 0.4) is 0 Å². The number of pyridine rings is 1. The van der Waals surface area contributed by atoms with E-state index in [4.69, 9.17) is 4.74 Å². The first-order valence-electron chi connectivity index (χ1n) is 9.73. The van der Waals surface area contributed by atoms with Crippen LogP contribution in [0.15, 0.2) is 48.9 Å². The second kappa shape index (κ2) is 5.58. The molecular formula is C22H23N3O. The van der Waals surface area contributed by atoms with E-state index in [1.165, 1.54) is 43.4 Å². The minimum atomic E-state index is 0.368. The van der Waals surface area contributed by atoms with Gasteiger partial charge in [-0.3, -0.25) is 4.98 Å². The largest absolute Gasteiger partial charge is 0.488 e. The number of aromatic amines is 1. The Balaban J connectivity index is 1.28. The molecule has 3 aliphatic heterocycles. The van der Waals surface area contributed by atoms with Crippen molar-refractivity contribution in [3.63, 3.8) is 0 Å². The van der Waals surface area contributed by atoms with E-state index in [2.05, 4.69) is 45.2 Å². The fourth-order valence-corrected chi connectivity index (χ4v) is 5.59. The number of rotatable bonds is 3. The second-order valence-electron chi connectivity index (χ2n) is 8.35. The lowest BCUT2D eigenvalue weighted by molar-refractivity contribution is -0.0985. The molecule has 1 aliphatic carbocycles. The van der Waals surface area contributed by atoms with Crippen LogP contribution < -0.4 is 4.74 Å². The van der Waals surface area contributed by atoms with Crippen molar-refractivity contribution in [3.8, 4) is 16.9 Å². The quantitative estimate of drug-likeness (QED) is 0.781. The Labute approximate surface area is 153 Å². The number of ether oxygens (including phenoxy) is 1. The molecule has 4 heteroatoms. The number of nitrogens with one attached hydrogen (secondary N) is 1. The molecule has 1 N–H and O–H groups in total. The zero-order chi connectivity index (χ0) is 17.1. The molecule has 4 fully saturated rings. The Bertz CT molecular complexity index is 935. The van der Waals surface area contributed by atoms with Crippen LogP contribution in [0, 0.1) is 17.8 Å². The number of H-pyrrole nitrogens is 1. The van der Waals surface area contributed by atoms with Crippen molar-refractivity contribution in [3.05, 3.63) is 48.9 Å². The topological polar surface area (TPSA) is 41.1 Å². The molecule has 4 nitrogen and oxygen atoms in total. The van der Waals surface area contributed by atoms with Gasteiger partial charge < -0.3 is 14.6 Å². The van der Waals surface area contributed by atoms with Crippen LogP contribution in [0.25, 0.3) is 22.0 Å². The Morgan fingerprint density at radius 2 is 1.85 bits per heavy atom. The van der Waals surface area contributed by atoms with E-state index < -0.39 is 0 Å². The van der Waals surface area contributed by atoms with Gasteiger partial charge in [0, 0.05) is 54.9 Å². The molecule has 7 rings (SSSR count). The molecule has 2 atom stereocenters. The van der Waals surface area contributed by atoms with E-state index in [-0.39, 0.29) is 0 Å². The van der Waals surface area contributed by atoms with Crippen molar-refractivity contribution >= 4 is 10.9 Å². The van der Waals surface area contributed by atoms with Gasteiger partial charge in [0.05, 0.1) is 6.20 Å². The van der Waals surface area contributed by atoms with Crippen LogP contribution in [0.5, 0.6) is 5.75 Å². The highest BCUT2D eigenvalue weighted by atomic mass is 16.5. The van der Waals surface area contributed by atoms with E-state index in [1.54, 1.807) is 0 Å². The molecule has 3 saturated heterocycles. The van der Waals surface area contributed by atoms with Gasteiger partial charge in [-0.1, -0.05) is 6.07 Å². The van der Waals surface area contributed by atoms with E-state index in [0.29, 0.717) is 17.9 Å². The van der Waals surface area contributed by atoms with Crippen molar-refractivity contribution in [2.24, 2.45) is 17.8 Å². The highest BCUT2D eigenvalue weighted by molar-refractivity contribution is 5.85. The van der Waals surface area contributed by atoms with Gasteiger partial charge in [0.25, 0.3) is 0 Å². The summed E-state index contributed by atoms with van der Waals surface area (Å²) in [6.45, 7) is 3.75. The zero-order valence-corrected chi connectivity index (χ0v) is 14.8. The van der Waals surface area contributed by atoms with Crippen molar-refractivity contribution in [2.75, 3.05) is 19.6 Å². The van der Waals surface area contributed by atoms with Gasteiger partial charge in [-0.15, -0.1) is 0 Å². The maximum atomic E-state index is 6.53. The molecular weight excluding hydrogens is 322 g/mol. The first kappa shape index (κ1) is 14.8. The maximum Gasteiger partial charge on any atom is 0.138 e. The fourth-order valence-electron chi connectivity index (χ4n) is 5.59. The summed E-state index contributed by atoms with van der Waals surface area (Å²) in [7, 11) is 0. The standard InChI is InChI=1S/C22H23N3O/c1-2-21-16(3-4-24-21)7-15(1)17-8-20(10-23-9-17)26-22-18-5-14-6-19(22)13-25(11-14)12-18/h1-4,7-10,14,18-19,22,24H,5-6,11-13H2/t14?,18-,19-,22?/m0/s1. The van der Waals surface area contributed by atoms with Crippen LogP contribution >= 0.6 is 0 Å². The average molecular weight is 345 g/mol. The Morgan fingerprint density at radius 3 is 2.69 bits per heavy atom. The molecule has 0 radical (unpaired) electrons. The van der Waals surface area contributed by atoms with Crippen molar-refractivity contribution in [2.45, 2.75) is 18.9 Å². The van der Waals surface area contributed by atoms with Crippen LogP contribution in [0.1, 0.15) is 12.8 Å². The van der Waals surface area contributed by atoms with Crippen LogP contribution in [0.4, 0.5) is 0 Å². The second-order valence-corrected chi connectivity index (χ2v) is 8.35. The summed E-state index contributed by atoms with van der Waals surface area (Å²) in [5, 5.41) is 1.23. The highest BCUT2D eigenvalue weighted by Gasteiger charge is 2.48. The molecule has 1 saturated carbocycles. The molecule has 3 aromatic rings. The highest BCUT2D eigenvalue weighted by Crippen LogP contribution is 2.45. The Morgan fingerprint density at radius 1 is 0.962 bits per heavy atom. The number of fused-ring (bicyclic) bond motifs is 1. The molecule has 0 unspecified atom stereocenters. The smallest absolute Gasteiger partial charge is 0.138 e. The first-order chi connectivity index (χ1) is 12.8. The van der Waals surface area contributed by atoms with Crippen LogP contribution in [-0.4, -0.2) is 40.6 Å².